The van der Waals surface area contributed by atoms with Gasteiger partial charge >= 0.3 is 5.97 Å². The number of hydrogen-bond acceptors (Lipinski definition) is 7. The molecule has 0 unspecified atom stereocenters. The second kappa shape index (κ2) is 12.6. The number of anilines is 1. The third-order valence-corrected chi connectivity index (χ3v) is 6.07. The number of benzene rings is 2. The maximum atomic E-state index is 12.3. The maximum Gasteiger partial charge on any atom is 0.303 e. The zero-order chi connectivity index (χ0) is 26.0. The molecule has 8 heteroatoms. The van der Waals surface area contributed by atoms with Crippen LogP contribution in [0.15, 0.2) is 77.4 Å². The Bertz CT molecular complexity index is 1300. The predicted octanol–water partition coefficient (Wildman–Crippen LogP) is 6.58. The van der Waals surface area contributed by atoms with E-state index >= 15 is 0 Å². The fourth-order valence-electron chi connectivity index (χ4n) is 4.03. The highest BCUT2D eigenvalue weighted by Gasteiger charge is 2.15. The summed E-state index contributed by atoms with van der Waals surface area (Å²) in [5, 5.41) is 16.5. The van der Waals surface area contributed by atoms with Crippen LogP contribution in [-0.2, 0) is 4.79 Å². The van der Waals surface area contributed by atoms with Gasteiger partial charge in [0.15, 0.2) is 5.78 Å². The minimum atomic E-state index is -0.884. The number of carbonyl (C=O) groups excluding carboxylic acids is 1. The number of pyridine rings is 1. The third kappa shape index (κ3) is 7.10. The van der Waals surface area contributed by atoms with Crippen LogP contribution in [0.25, 0.3) is 23.0 Å². The molecule has 0 aliphatic heterocycles. The number of unbranched alkanes of at least 4 members (excludes halogenated alkanes) is 1. The lowest BCUT2D eigenvalue weighted by Gasteiger charge is -2.21. The molecule has 0 saturated heterocycles. The molecule has 2 N–H and O–H groups in total. The van der Waals surface area contributed by atoms with Crippen molar-refractivity contribution in [2.24, 2.45) is 0 Å². The van der Waals surface area contributed by atoms with E-state index in [2.05, 4.69) is 39.5 Å². The van der Waals surface area contributed by atoms with Gasteiger partial charge in [0.05, 0.1) is 6.04 Å². The van der Waals surface area contributed by atoms with Gasteiger partial charge in [0.25, 0.3) is 5.89 Å². The monoisotopic (exact) mass is 498 g/mol. The smallest absolute Gasteiger partial charge is 0.303 e. The minimum Gasteiger partial charge on any atom is -0.481 e. The topological polar surface area (TPSA) is 118 Å². The Morgan fingerprint density at radius 3 is 2.43 bits per heavy atom. The summed E-state index contributed by atoms with van der Waals surface area (Å²) in [5.41, 5.74) is 4.14. The number of rotatable bonds is 13. The van der Waals surface area contributed by atoms with E-state index in [4.69, 9.17) is 9.63 Å². The Morgan fingerprint density at radius 2 is 1.76 bits per heavy atom. The van der Waals surface area contributed by atoms with Crippen LogP contribution in [0.2, 0.25) is 0 Å². The maximum absolute atomic E-state index is 12.3. The fourth-order valence-corrected chi connectivity index (χ4v) is 4.03. The first kappa shape index (κ1) is 25.8. The number of Topliss-reactive ketones (excluding diaryl/α,β-unsaturated/α-hetero) is 1. The van der Waals surface area contributed by atoms with E-state index in [0.717, 1.165) is 36.1 Å². The normalized spacial score (nSPS) is 11.7. The van der Waals surface area contributed by atoms with Crippen molar-refractivity contribution in [2.45, 2.75) is 51.5 Å². The molecular formula is C29H30N4O4. The summed E-state index contributed by atoms with van der Waals surface area (Å²) in [6, 6.07) is 21.1. The van der Waals surface area contributed by atoms with Crippen LogP contribution in [0.3, 0.4) is 0 Å². The molecule has 4 rings (SSSR count). The van der Waals surface area contributed by atoms with Crippen LogP contribution in [0.1, 0.15) is 67.4 Å². The summed E-state index contributed by atoms with van der Waals surface area (Å²) in [6.07, 6.45) is 5.37. The number of aliphatic carboxylic acids is 1. The summed E-state index contributed by atoms with van der Waals surface area (Å²) < 4.78 is 5.39. The molecule has 0 bridgehead atoms. The predicted molar refractivity (Wildman–Crippen MR) is 141 cm³/mol. The largest absolute Gasteiger partial charge is 0.481 e. The molecule has 1 atom stereocenters. The van der Waals surface area contributed by atoms with Crippen molar-refractivity contribution in [3.63, 3.8) is 0 Å². The van der Waals surface area contributed by atoms with Crippen LogP contribution in [-0.4, -0.2) is 32.0 Å². The van der Waals surface area contributed by atoms with Gasteiger partial charge in [-0.15, -0.1) is 0 Å². The first-order chi connectivity index (χ1) is 18.0. The summed E-state index contributed by atoms with van der Waals surface area (Å²) >= 11 is 0. The van der Waals surface area contributed by atoms with Gasteiger partial charge in [-0.2, -0.15) is 4.98 Å². The lowest BCUT2D eigenvalue weighted by molar-refractivity contribution is -0.137. The van der Waals surface area contributed by atoms with Gasteiger partial charge in [-0.3, -0.25) is 14.6 Å². The van der Waals surface area contributed by atoms with Crippen molar-refractivity contribution < 1.29 is 19.2 Å². The van der Waals surface area contributed by atoms with Crippen molar-refractivity contribution in [3.8, 4) is 23.0 Å². The van der Waals surface area contributed by atoms with Crippen LogP contribution < -0.4 is 5.32 Å². The van der Waals surface area contributed by atoms with Gasteiger partial charge in [0, 0.05) is 35.9 Å². The second-order valence-electron chi connectivity index (χ2n) is 8.85. The first-order valence-corrected chi connectivity index (χ1v) is 12.5. The molecule has 2 heterocycles. The van der Waals surface area contributed by atoms with E-state index in [1.165, 1.54) is 0 Å². The SMILES string of the molecule is CCCC[C@H](Nc1ccc(C(=O)CCCC(=O)O)cc1)c1ccc(-c2noc(-c3ccccn3)n2)cc1. The van der Waals surface area contributed by atoms with Crippen molar-refractivity contribution in [3.05, 3.63) is 84.1 Å². The molecule has 0 aliphatic carbocycles. The molecule has 0 aliphatic rings. The molecule has 4 aromatic rings. The second-order valence-corrected chi connectivity index (χ2v) is 8.85. The Labute approximate surface area is 215 Å². The van der Waals surface area contributed by atoms with Crippen LogP contribution >= 0.6 is 0 Å². The van der Waals surface area contributed by atoms with Crippen LogP contribution in [0, 0.1) is 0 Å². The highest BCUT2D eigenvalue weighted by molar-refractivity contribution is 5.96. The highest BCUT2D eigenvalue weighted by atomic mass is 16.5. The average Bonchev–Trinajstić information content (AvgIpc) is 3.42. The number of hydrogen-bond donors (Lipinski definition) is 2. The number of aromatic nitrogens is 3. The van der Waals surface area contributed by atoms with Crippen molar-refractivity contribution in [2.75, 3.05) is 5.32 Å². The van der Waals surface area contributed by atoms with Gasteiger partial charge in [-0.05, 0) is 54.8 Å². The van der Waals surface area contributed by atoms with E-state index in [1.54, 1.807) is 18.3 Å². The number of nitrogens with one attached hydrogen (secondary N) is 1. The van der Waals surface area contributed by atoms with Crippen molar-refractivity contribution >= 4 is 17.4 Å². The first-order valence-electron chi connectivity index (χ1n) is 12.5. The summed E-state index contributed by atoms with van der Waals surface area (Å²) in [7, 11) is 0. The van der Waals surface area contributed by atoms with Crippen molar-refractivity contribution in [1.82, 2.24) is 15.1 Å². The average molecular weight is 499 g/mol. The van der Waals surface area contributed by atoms with Gasteiger partial charge in [0.1, 0.15) is 5.69 Å². The Balaban J connectivity index is 1.43. The van der Waals surface area contributed by atoms with E-state index < -0.39 is 5.97 Å². The van der Waals surface area contributed by atoms with Gasteiger partial charge < -0.3 is 14.9 Å². The molecular weight excluding hydrogens is 468 g/mol. The van der Waals surface area contributed by atoms with Crippen LogP contribution in [0.5, 0.6) is 0 Å². The van der Waals surface area contributed by atoms with Gasteiger partial charge in [0.2, 0.25) is 5.82 Å². The number of carbonyl (C=O) groups is 2. The lowest BCUT2D eigenvalue weighted by atomic mass is 9.99. The van der Waals surface area contributed by atoms with Gasteiger partial charge in [-0.25, -0.2) is 0 Å². The molecule has 0 radical (unpaired) electrons. The zero-order valence-corrected chi connectivity index (χ0v) is 20.8. The lowest BCUT2D eigenvalue weighted by Crippen LogP contribution is -2.11. The number of carboxylic acids is 1. The van der Waals surface area contributed by atoms with E-state index in [0.29, 0.717) is 29.4 Å². The molecule has 0 spiro atoms. The number of nitrogens with zero attached hydrogens (tertiary/aromatic N) is 3. The number of ketones is 1. The molecule has 0 amide bonds. The quantitative estimate of drug-likeness (QED) is 0.198. The molecule has 2 aromatic carbocycles. The Kier molecular flexibility index (Phi) is 8.75. The Hall–Kier alpha value is -4.33. The molecule has 37 heavy (non-hydrogen) atoms. The number of carboxylic acid groups (broad SMARTS) is 1. The zero-order valence-electron chi connectivity index (χ0n) is 20.8. The van der Waals surface area contributed by atoms with Crippen LogP contribution in [0.4, 0.5) is 5.69 Å². The van der Waals surface area contributed by atoms with Crippen molar-refractivity contribution in [1.29, 1.82) is 0 Å². The highest BCUT2D eigenvalue weighted by Crippen LogP contribution is 2.28. The van der Waals surface area contributed by atoms with Gasteiger partial charge in [-0.1, -0.05) is 55.3 Å². The molecule has 0 saturated carbocycles. The molecule has 2 aromatic heterocycles. The molecule has 190 valence electrons. The summed E-state index contributed by atoms with van der Waals surface area (Å²) in [6.45, 7) is 2.17. The summed E-state index contributed by atoms with van der Waals surface area (Å²) in [5.74, 6) is -0.0384. The van der Waals surface area contributed by atoms with E-state index in [1.807, 2.05) is 42.5 Å². The summed E-state index contributed by atoms with van der Waals surface area (Å²) in [4.78, 5) is 31.7. The van der Waals surface area contributed by atoms with E-state index in [-0.39, 0.29) is 24.7 Å². The third-order valence-electron chi connectivity index (χ3n) is 6.07. The Morgan fingerprint density at radius 1 is 0.973 bits per heavy atom. The van der Waals surface area contributed by atoms with E-state index in [9.17, 15) is 9.59 Å². The standard InChI is InChI=1S/C29H30N4O4/c1-2-3-7-24(31-23-17-15-21(16-18-23)26(34)9-6-10-27(35)36)20-11-13-22(14-12-20)28-32-29(37-33-28)25-8-4-5-19-30-25/h4-5,8,11-19,24,31H,2-3,6-7,9-10H2,1H3,(H,35,36)/t24-/m0/s1. The minimum absolute atomic E-state index is 0.00138. The fraction of sp³-hybridized carbons (Fsp3) is 0.276. The molecule has 8 nitrogen and oxygen atoms in total. The molecule has 0 fully saturated rings.